The van der Waals surface area contributed by atoms with E-state index in [9.17, 15) is 14.7 Å². The van der Waals surface area contributed by atoms with E-state index in [2.05, 4.69) is 4.90 Å². The number of piperidine rings is 2. The number of hydrogen-bond acceptors (Lipinski definition) is 7. The fourth-order valence-electron chi connectivity index (χ4n) is 4.79. The number of likely N-dealkylation sites (tertiary alicyclic amines) is 2. The number of nitrogens with zero attached hydrogens (tertiary/aromatic N) is 2. The summed E-state index contributed by atoms with van der Waals surface area (Å²) in [5.41, 5.74) is 0.192. The van der Waals surface area contributed by atoms with E-state index in [-0.39, 0.29) is 30.6 Å². The van der Waals surface area contributed by atoms with Crippen LogP contribution in [0.4, 0.5) is 0 Å². The highest BCUT2D eigenvalue weighted by molar-refractivity contribution is 5.94. The molecule has 1 amide bonds. The van der Waals surface area contributed by atoms with E-state index in [4.69, 9.17) is 19.4 Å². The van der Waals surface area contributed by atoms with Gasteiger partial charge in [0.2, 0.25) is 0 Å². The number of hydrogen-bond donors (Lipinski definition) is 2. The second-order valence-corrected chi connectivity index (χ2v) is 8.67. The smallest absolute Gasteiger partial charge is 0.312 e. The number of amides is 1. The van der Waals surface area contributed by atoms with Crippen LogP contribution >= 0.6 is 0 Å². The number of cyclic esters (lactones) is 1. The van der Waals surface area contributed by atoms with E-state index < -0.39 is 5.41 Å². The van der Waals surface area contributed by atoms with Gasteiger partial charge in [-0.2, -0.15) is 0 Å². The van der Waals surface area contributed by atoms with Gasteiger partial charge in [-0.25, -0.2) is 0 Å². The zero-order valence-corrected chi connectivity index (χ0v) is 18.4. The van der Waals surface area contributed by atoms with Crippen LogP contribution in [-0.4, -0.2) is 90.4 Å². The Morgan fingerprint density at radius 2 is 1.78 bits per heavy atom. The topological polar surface area (TPSA) is 117 Å². The molecule has 32 heavy (non-hydrogen) atoms. The molecule has 0 aliphatic carbocycles. The molecule has 176 valence electrons. The van der Waals surface area contributed by atoms with Gasteiger partial charge >= 0.3 is 5.97 Å². The van der Waals surface area contributed by atoms with Gasteiger partial charge in [-0.15, -0.1) is 0 Å². The molecule has 3 saturated heterocycles. The molecule has 0 saturated carbocycles. The highest BCUT2D eigenvalue weighted by Gasteiger charge is 2.51. The Hall–Kier alpha value is -2.65. The number of carbonyl (C=O) groups excluding carboxylic acids is 2. The normalized spacial score (nSPS) is 23.2. The standard InChI is InChI=1S/C22H30N2O5.CH2O2/c1-28-18-4-2-16(3-5-18)20(26)24-12-8-22(9-13-24)14-19(29-21(22)27)15-23-10-6-17(25)7-11-23;2-1-3/h2-5,17,19,25H,6-15H2,1H3;1H,(H,2,3). The van der Waals surface area contributed by atoms with E-state index in [1.165, 1.54) is 0 Å². The average molecular weight is 449 g/mol. The third kappa shape index (κ3) is 5.58. The maximum atomic E-state index is 12.8. The van der Waals surface area contributed by atoms with Crippen LogP contribution in [0.3, 0.4) is 0 Å². The lowest BCUT2D eigenvalue weighted by atomic mass is 9.76. The molecule has 2 N–H and O–H groups in total. The first-order valence-electron chi connectivity index (χ1n) is 11.0. The third-order valence-electron chi connectivity index (χ3n) is 6.69. The minimum atomic E-state index is -0.448. The van der Waals surface area contributed by atoms with Crippen molar-refractivity contribution in [1.29, 1.82) is 0 Å². The van der Waals surface area contributed by atoms with Crippen LogP contribution in [0.5, 0.6) is 5.75 Å². The molecule has 1 spiro atoms. The van der Waals surface area contributed by atoms with Gasteiger partial charge in [0.15, 0.2) is 0 Å². The second kappa shape index (κ2) is 10.8. The predicted molar refractivity (Wildman–Crippen MR) is 115 cm³/mol. The molecule has 1 aromatic rings. The zero-order valence-electron chi connectivity index (χ0n) is 18.4. The molecule has 9 heteroatoms. The van der Waals surface area contributed by atoms with Gasteiger partial charge in [0.1, 0.15) is 11.9 Å². The van der Waals surface area contributed by atoms with Crippen LogP contribution in [0, 0.1) is 5.41 Å². The number of rotatable bonds is 4. The van der Waals surface area contributed by atoms with E-state index in [1.54, 1.807) is 31.4 Å². The van der Waals surface area contributed by atoms with Crippen LogP contribution < -0.4 is 4.74 Å². The van der Waals surface area contributed by atoms with Crippen molar-refractivity contribution >= 4 is 18.3 Å². The van der Waals surface area contributed by atoms with Crippen molar-refractivity contribution in [3.05, 3.63) is 29.8 Å². The first kappa shape index (κ1) is 24.0. The summed E-state index contributed by atoms with van der Waals surface area (Å²) < 4.78 is 10.9. The summed E-state index contributed by atoms with van der Waals surface area (Å²) in [6.07, 6.45) is 3.34. The van der Waals surface area contributed by atoms with Gasteiger partial charge in [0.05, 0.1) is 18.6 Å². The second-order valence-electron chi connectivity index (χ2n) is 8.67. The molecule has 1 atom stereocenters. The lowest BCUT2D eigenvalue weighted by Crippen LogP contribution is -2.45. The van der Waals surface area contributed by atoms with E-state index >= 15 is 0 Å². The number of carbonyl (C=O) groups is 3. The number of aliphatic hydroxyl groups excluding tert-OH is 1. The summed E-state index contributed by atoms with van der Waals surface area (Å²) >= 11 is 0. The SMILES string of the molecule is COc1ccc(C(=O)N2CCC3(CC2)CC(CN2CCC(O)CC2)OC3=O)cc1.O=CO. The summed E-state index contributed by atoms with van der Waals surface area (Å²) in [6.45, 7) is 3.35. The molecular weight excluding hydrogens is 416 g/mol. The Kier molecular flexibility index (Phi) is 8.09. The molecule has 3 heterocycles. The molecular formula is C23H32N2O7. The van der Waals surface area contributed by atoms with Gasteiger partial charge in [-0.05, 0) is 49.9 Å². The van der Waals surface area contributed by atoms with Crippen molar-refractivity contribution in [2.24, 2.45) is 5.41 Å². The van der Waals surface area contributed by atoms with Gasteiger partial charge in [-0.3, -0.25) is 19.3 Å². The number of benzene rings is 1. The Morgan fingerprint density at radius 3 is 2.34 bits per heavy atom. The highest BCUT2D eigenvalue weighted by atomic mass is 16.6. The first-order valence-corrected chi connectivity index (χ1v) is 11.0. The van der Waals surface area contributed by atoms with Crippen LogP contribution in [0.15, 0.2) is 24.3 Å². The quantitative estimate of drug-likeness (QED) is 0.524. The summed E-state index contributed by atoms with van der Waals surface area (Å²) in [6, 6.07) is 7.14. The molecule has 0 radical (unpaired) electrons. The van der Waals surface area contributed by atoms with Crippen molar-refractivity contribution < 1.29 is 34.1 Å². The molecule has 9 nitrogen and oxygen atoms in total. The van der Waals surface area contributed by atoms with Gasteiger partial charge in [0.25, 0.3) is 12.4 Å². The van der Waals surface area contributed by atoms with Gasteiger partial charge in [0, 0.05) is 44.7 Å². The van der Waals surface area contributed by atoms with E-state index in [1.807, 2.05) is 4.90 Å². The molecule has 0 bridgehead atoms. The van der Waals surface area contributed by atoms with Crippen molar-refractivity contribution in [3.63, 3.8) is 0 Å². The fraction of sp³-hybridized carbons (Fsp3) is 0.609. The minimum absolute atomic E-state index is 0.00251. The number of ether oxygens (including phenoxy) is 2. The van der Waals surface area contributed by atoms with Crippen LogP contribution in [0.2, 0.25) is 0 Å². The Morgan fingerprint density at radius 1 is 1.19 bits per heavy atom. The lowest BCUT2D eigenvalue weighted by molar-refractivity contribution is -0.151. The monoisotopic (exact) mass is 448 g/mol. The van der Waals surface area contributed by atoms with Crippen molar-refractivity contribution in [2.75, 3.05) is 39.8 Å². The Balaban J connectivity index is 0.000000913. The largest absolute Gasteiger partial charge is 0.497 e. The number of carboxylic acid groups (broad SMARTS) is 1. The van der Waals surface area contributed by atoms with Gasteiger partial charge < -0.3 is 24.6 Å². The molecule has 3 aliphatic rings. The van der Waals surface area contributed by atoms with Gasteiger partial charge in [-0.1, -0.05) is 0 Å². The van der Waals surface area contributed by atoms with Crippen LogP contribution in [-0.2, 0) is 14.3 Å². The van der Waals surface area contributed by atoms with E-state index in [0.29, 0.717) is 31.5 Å². The summed E-state index contributed by atoms with van der Waals surface area (Å²) in [5.74, 6) is 0.621. The third-order valence-corrected chi connectivity index (χ3v) is 6.69. The Labute approximate surface area is 187 Å². The number of methoxy groups -OCH3 is 1. The predicted octanol–water partition coefficient (Wildman–Crippen LogP) is 1.39. The first-order chi connectivity index (χ1) is 15.4. The average Bonchev–Trinajstić information content (AvgIpc) is 3.10. The lowest BCUT2D eigenvalue weighted by Gasteiger charge is -2.36. The van der Waals surface area contributed by atoms with E-state index in [0.717, 1.165) is 44.6 Å². The fourth-order valence-corrected chi connectivity index (χ4v) is 4.79. The molecule has 0 aromatic heterocycles. The Bertz CT molecular complexity index is 782. The van der Waals surface area contributed by atoms with Crippen molar-refractivity contribution in [1.82, 2.24) is 9.80 Å². The maximum Gasteiger partial charge on any atom is 0.312 e. The molecule has 3 aliphatic heterocycles. The van der Waals surface area contributed by atoms with Crippen LogP contribution in [0.1, 0.15) is 42.5 Å². The molecule has 1 unspecified atom stereocenters. The van der Waals surface area contributed by atoms with Crippen molar-refractivity contribution in [2.45, 2.75) is 44.3 Å². The molecule has 3 fully saturated rings. The number of aliphatic hydroxyl groups is 1. The summed E-state index contributed by atoms with van der Waals surface area (Å²) in [7, 11) is 1.60. The number of esters is 1. The maximum absolute atomic E-state index is 12.8. The molecule has 1 aromatic carbocycles. The summed E-state index contributed by atoms with van der Waals surface area (Å²) in [4.78, 5) is 37.9. The minimum Gasteiger partial charge on any atom is -0.497 e. The molecule has 4 rings (SSSR count). The van der Waals surface area contributed by atoms with Crippen molar-refractivity contribution in [3.8, 4) is 5.75 Å². The summed E-state index contributed by atoms with van der Waals surface area (Å²) in [5, 5.41) is 16.5. The highest BCUT2D eigenvalue weighted by Crippen LogP contribution is 2.43. The zero-order chi connectivity index (χ0) is 23.1. The van der Waals surface area contributed by atoms with Crippen LogP contribution in [0.25, 0.3) is 0 Å².